The van der Waals surface area contributed by atoms with Crippen LogP contribution in [0.2, 0.25) is 0 Å². The van der Waals surface area contributed by atoms with Crippen molar-refractivity contribution >= 4 is 11.6 Å². The van der Waals surface area contributed by atoms with Gasteiger partial charge < -0.3 is 44.8 Å². The van der Waals surface area contributed by atoms with Crippen molar-refractivity contribution in [3.63, 3.8) is 0 Å². The van der Waals surface area contributed by atoms with E-state index in [1.54, 1.807) is 0 Å². The number of phenols is 1. The number of aliphatic hydroxyl groups is 5. The van der Waals surface area contributed by atoms with Gasteiger partial charge in [-0.2, -0.15) is 0 Å². The van der Waals surface area contributed by atoms with E-state index in [1.807, 2.05) is 0 Å². The SMILES string of the molecule is COc1c(CO)c(O[C@H]2O[C@H](CO)[C@H](O)[C@@H](O)[C@H]2O)cc2c1C(=O)c1ccc(O)cc1C2=O. The molecule has 2 aromatic rings. The van der Waals surface area contributed by atoms with Crippen LogP contribution in [0.4, 0.5) is 0 Å². The van der Waals surface area contributed by atoms with Crippen molar-refractivity contribution in [2.75, 3.05) is 13.7 Å². The number of rotatable bonds is 5. The fourth-order valence-corrected chi connectivity index (χ4v) is 4.05. The number of ether oxygens (including phenoxy) is 3. The van der Waals surface area contributed by atoms with E-state index in [0.29, 0.717) is 0 Å². The van der Waals surface area contributed by atoms with Gasteiger partial charge in [0.1, 0.15) is 41.7 Å². The van der Waals surface area contributed by atoms with E-state index < -0.39 is 55.5 Å². The van der Waals surface area contributed by atoms with Crippen molar-refractivity contribution in [2.45, 2.75) is 37.3 Å². The number of carbonyl (C=O) groups excluding carboxylic acids is 2. The van der Waals surface area contributed by atoms with Gasteiger partial charge in [-0.05, 0) is 24.3 Å². The summed E-state index contributed by atoms with van der Waals surface area (Å²) in [6, 6.07) is 4.90. The lowest BCUT2D eigenvalue weighted by atomic mass is 9.82. The van der Waals surface area contributed by atoms with Gasteiger partial charge in [-0.25, -0.2) is 0 Å². The number of hydrogen-bond acceptors (Lipinski definition) is 11. The molecule has 5 atom stereocenters. The molecular weight excluding hydrogens is 440 g/mol. The summed E-state index contributed by atoms with van der Waals surface area (Å²) in [5, 5.41) is 59.4. The zero-order valence-electron chi connectivity index (χ0n) is 17.3. The van der Waals surface area contributed by atoms with Gasteiger partial charge in [0.25, 0.3) is 0 Å². The highest BCUT2D eigenvalue weighted by molar-refractivity contribution is 6.29. The molecule has 1 aliphatic heterocycles. The smallest absolute Gasteiger partial charge is 0.229 e. The van der Waals surface area contributed by atoms with E-state index >= 15 is 0 Å². The van der Waals surface area contributed by atoms with Gasteiger partial charge >= 0.3 is 0 Å². The highest BCUT2D eigenvalue weighted by Gasteiger charge is 2.45. The summed E-state index contributed by atoms with van der Waals surface area (Å²) in [4.78, 5) is 26.3. The van der Waals surface area contributed by atoms with Gasteiger partial charge in [-0.15, -0.1) is 0 Å². The topological polar surface area (TPSA) is 183 Å². The number of fused-ring (bicyclic) bond motifs is 2. The van der Waals surface area contributed by atoms with Crippen molar-refractivity contribution in [3.05, 3.63) is 52.1 Å². The molecule has 1 fully saturated rings. The van der Waals surface area contributed by atoms with Crippen LogP contribution in [-0.4, -0.2) is 86.6 Å². The van der Waals surface area contributed by atoms with Gasteiger partial charge in [0, 0.05) is 16.7 Å². The quantitative estimate of drug-likeness (QED) is 0.269. The highest BCUT2D eigenvalue weighted by atomic mass is 16.7. The Morgan fingerprint density at radius 2 is 1.67 bits per heavy atom. The van der Waals surface area contributed by atoms with Crippen LogP contribution in [0.5, 0.6) is 17.2 Å². The summed E-state index contributed by atoms with van der Waals surface area (Å²) in [5.74, 6) is -1.72. The normalized spacial score (nSPS) is 26.5. The second-order valence-electron chi connectivity index (χ2n) is 7.67. The number of phenolic OH excluding ortho intramolecular Hbond substituents is 1. The van der Waals surface area contributed by atoms with Crippen molar-refractivity contribution in [1.82, 2.24) is 0 Å². The Balaban J connectivity index is 1.82. The molecule has 0 bridgehead atoms. The van der Waals surface area contributed by atoms with Crippen molar-refractivity contribution in [1.29, 1.82) is 0 Å². The van der Waals surface area contributed by atoms with Crippen molar-refractivity contribution in [2.24, 2.45) is 0 Å². The predicted molar refractivity (Wildman–Crippen MR) is 108 cm³/mol. The van der Waals surface area contributed by atoms with Crippen LogP contribution in [0.1, 0.15) is 37.4 Å². The van der Waals surface area contributed by atoms with Crippen LogP contribution in [0.3, 0.4) is 0 Å². The Kier molecular flexibility index (Phi) is 6.10. The highest BCUT2D eigenvalue weighted by Crippen LogP contribution is 2.42. The average Bonchev–Trinajstić information content (AvgIpc) is 2.81. The molecule has 176 valence electrons. The van der Waals surface area contributed by atoms with Crippen LogP contribution in [0.25, 0.3) is 0 Å². The Bertz CT molecular complexity index is 1110. The predicted octanol–water partition coefficient (Wildman–Crippen LogP) is -1.15. The second kappa shape index (κ2) is 8.71. The summed E-state index contributed by atoms with van der Waals surface area (Å²) >= 11 is 0. The van der Waals surface area contributed by atoms with E-state index in [0.717, 1.165) is 12.1 Å². The molecule has 11 nitrogen and oxygen atoms in total. The molecule has 2 aromatic carbocycles. The van der Waals surface area contributed by atoms with Gasteiger partial charge in [0.15, 0.2) is 11.6 Å². The molecule has 4 rings (SSSR count). The summed E-state index contributed by atoms with van der Waals surface area (Å²) in [6.45, 7) is -1.37. The molecule has 0 aromatic heterocycles. The second-order valence-corrected chi connectivity index (χ2v) is 7.67. The number of aromatic hydroxyl groups is 1. The van der Waals surface area contributed by atoms with Crippen LogP contribution < -0.4 is 9.47 Å². The van der Waals surface area contributed by atoms with Gasteiger partial charge in [-0.1, -0.05) is 0 Å². The molecule has 0 spiro atoms. The molecule has 11 heteroatoms. The number of ketones is 2. The number of methoxy groups -OCH3 is 1. The Labute approximate surface area is 187 Å². The standard InChI is InChI=1S/C22H22O11/c1-31-21-12(6-23)13(32-22-20(30)19(29)18(28)14(7-24)33-22)5-11-15(21)17(27)9-3-2-8(25)4-10(9)16(11)26/h2-5,14,18-20,22-25,28-30H,6-7H2,1H3/t14-,18+,19-,20-,22+/m1/s1. The minimum Gasteiger partial charge on any atom is -0.508 e. The first-order valence-corrected chi connectivity index (χ1v) is 9.97. The fraction of sp³-hybridized carbons (Fsp3) is 0.364. The Morgan fingerprint density at radius 3 is 2.30 bits per heavy atom. The van der Waals surface area contributed by atoms with E-state index in [-0.39, 0.29) is 45.1 Å². The molecule has 6 N–H and O–H groups in total. The van der Waals surface area contributed by atoms with Gasteiger partial charge in [0.05, 0.1) is 31.5 Å². The Morgan fingerprint density at radius 1 is 0.939 bits per heavy atom. The molecular formula is C22H22O11. The summed E-state index contributed by atoms with van der Waals surface area (Å²) in [5.41, 5.74) is -0.255. The van der Waals surface area contributed by atoms with Crippen LogP contribution in [0.15, 0.2) is 24.3 Å². The molecule has 2 aliphatic rings. The Hall–Kier alpha value is -3.06. The molecule has 0 saturated carbocycles. The lowest BCUT2D eigenvalue weighted by Gasteiger charge is -2.39. The van der Waals surface area contributed by atoms with Gasteiger partial charge in [-0.3, -0.25) is 9.59 Å². The van der Waals surface area contributed by atoms with Crippen LogP contribution in [-0.2, 0) is 11.3 Å². The maximum Gasteiger partial charge on any atom is 0.229 e. The van der Waals surface area contributed by atoms with E-state index in [4.69, 9.17) is 14.2 Å². The molecule has 1 saturated heterocycles. The monoisotopic (exact) mass is 462 g/mol. The first kappa shape index (κ1) is 23.1. The fourth-order valence-electron chi connectivity index (χ4n) is 4.05. The van der Waals surface area contributed by atoms with E-state index in [9.17, 15) is 40.2 Å². The third-order valence-corrected chi connectivity index (χ3v) is 5.76. The summed E-state index contributed by atoms with van der Waals surface area (Å²) < 4.78 is 16.3. The van der Waals surface area contributed by atoms with Crippen molar-refractivity contribution < 1.29 is 54.4 Å². The number of carbonyl (C=O) groups is 2. The average molecular weight is 462 g/mol. The molecule has 33 heavy (non-hydrogen) atoms. The maximum absolute atomic E-state index is 13.2. The molecule has 1 heterocycles. The molecule has 1 aliphatic carbocycles. The van der Waals surface area contributed by atoms with Crippen LogP contribution >= 0.6 is 0 Å². The van der Waals surface area contributed by atoms with E-state index in [1.165, 1.54) is 19.2 Å². The maximum atomic E-state index is 13.2. The lowest BCUT2D eigenvalue weighted by Crippen LogP contribution is -2.60. The zero-order chi connectivity index (χ0) is 24.0. The first-order valence-electron chi connectivity index (χ1n) is 9.97. The van der Waals surface area contributed by atoms with E-state index in [2.05, 4.69) is 0 Å². The third kappa shape index (κ3) is 3.64. The molecule has 0 unspecified atom stereocenters. The minimum atomic E-state index is -1.74. The summed E-state index contributed by atoms with van der Waals surface area (Å²) in [7, 11) is 1.23. The number of aliphatic hydroxyl groups excluding tert-OH is 5. The minimum absolute atomic E-state index is 0.0309. The van der Waals surface area contributed by atoms with Crippen molar-refractivity contribution in [3.8, 4) is 17.2 Å². The third-order valence-electron chi connectivity index (χ3n) is 5.76. The zero-order valence-corrected chi connectivity index (χ0v) is 17.3. The molecule has 0 radical (unpaired) electrons. The number of benzene rings is 2. The number of hydrogen-bond donors (Lipinski definition) is 6. The summed E-state index contributed by atoms with van der Waals surface area (Å²) in [6.07, 6.45) is -7.91. The lowest BCUT2D eigenvalue weighted by molar-refractivity contribution is -0.277. The van der Waals surface area contributed by atoms with Gasteiger partial charge in [0.2, 0.25) is 6.29 Å². The first-order chi connectivity index (χ1) is 15.7. The van der Waals surface area contributed by atoms with Crippen LogP contribution in [0, 0.1) is 0 Å². The molecule has 0 amide bonds. The largest absolute Gasteiger partial charge is 0.508 e.